The number of aryl methyl sites for hydroxylation is 1. The maximum absolute atomic E-state index is 4.41. The first kappa shape index (κ1) is 9.89. The van der Waals surface area contributed by atoms with Crippen LogP contribution < -0.4 is 0 Å². The van der Waals surface area contributed by atoms with E-state index in [1.54, 1.807) is 16.9 Å². The second-order valence-electron chi connectivity index (χ2n) is 3.64. The first-order valence-corrected chi connectivity index (χ1v) is 5.50. The number of nitrogens with zero attached hydrogens (tertiary/aromatic N) is 5. The summed E-state index contributed by atoms with van der Waals surface area (Å²) in [5.41, 5.74) is 1.77. The smallest absolute Gasteiger partial charge is 0.252 e. The normalized spacial score (nSPS) is 10.9. The molecule has 3 rings (SSSR count). The maximum atomic E-state index is 4.41. The third kappa shape index (κ3) is 1.65. The molecule has 0 amide bonds. The van der Waals surface area contributed by atoms with E-state index in [-0.39, 0.29) is 0 Å². The predicted molar refractivity (Wildman–Crippen MR) is 63.4 cm³/mol. The Morgan fingerprint density at radius 1 is 1.12 bits per heavy atom. The van der Waals surface area contributed by atoms with Crippen molar-refractivity contribution < 1.29 is 0 Å². The van der Waals surface area contributed by atoms with E-state index < -0.39 is 0 Å². The van der Waals surface area contributed by atoms with Crippen molar-refractivity contribution in [3.05, 3.63) is 42.5 Å². The molecule has 0 unspecified atom stereocenters. The molecule has 0 saturated heterocycles. The number of hydrogen-bond acceptors (Lipinski definition) is 4. The van der Waals surface area contributed by atoms with Crippen LogP contribution in [0.5, 0.6) is 0 Å². The molecule has 0 radical (unpaired) electrons. The lowest BCUT2D eigenvalue weighted by Gasteiger charge is -2.01. The van der Waals surface area contributed by atoms with Crippen LogP contribution in [0.2, 0.25) is 0 Å². The average molecular weight is 225 g/mol. The van der Waals surface area contributed by atoms with Crippen LogP contribution >= 0.6 is 0 Å². The van der Waals surface area contributed by atoms with Gasteiger partial charge in [0.1, 0.15) is 0 Å². The minimum atomic E-state index is 0.616. The summed E-state index contributed by atoms with van der Waals surface area (Å²) in [5, 5.41) is 4.41. The summed E-state index contributed by atoms with van der Waals surface area (Å²) in [7, 11) is 0. The fraction of sp³-hybridized carbons (Fsp3) is 0.167. The molecule has 0 saturated carbocycles. The topological polar surface area (TPSA) is 56.0 Å². The van der Waals surface area contributed by atoms with Crippen molar-refractivity contribution in [3.63, 3.8) is 0 Å². The van der Waals surface area contributed by atoms with Crippen molar-refractivity contribution in [1.29, 1.82) is 0 Å². The summed E-state index contributed by atoms with van der Waals surface area (Å²) in [5.74, 6) is 1.41. The highest BCUT2D eigenvalue weighted by atomic mass is 15.3. The minimum Gasteiger partial charge on any atom is -0.255 e. The number of pyridine rings is 1. The van der Waals surface area contributed by atoms with Crippen molar-refractivity contribution in [2.45, 2.75) is 13.3 Å². The molecule has 5 nitrogen and oxygen atoms in total. The number of rotatable bonds is 2. The van der Waals surface area contributed by atoms with Crippen LogP contribution in [0.15, 0.2) is 36.7 Å². The van der Waals surface area contributed by atoms with Gasteiger partial charge in [-0.1, -0.05) is 13.0 Å². The largest absolute Gasteiger partial charge is 0.255 e. The molecule has 5 heteroatoms. The Morgan fingerprint density at radius 3 is 2.82 bits per heavy atom. The molecule has 0 fully saturated rings. The lowest BCUT2D eigenvalue weighted by molar-refractivity contribution is 0.882. The molecule has 0 atom stereocenters. The first-order valence-electron chi connectivity index (χ1n) is 5.50. The molecular weight excluding hydrogens is 214 g/mol. The van der Waals surface area contributed by atoms with E-state index in [9.17, 15) is 0 Å². The fourth-order valence-corrected chi connectivity index (χ4v) is 1.69. The van der Waals surface area contributed by atoms with Crippen LogP contribution in [-0.2, 0) is 6.42 Å². The number of aromatic nitrogens is 5. The second-order valence-corrected chi connectivity index (χ2v) is 3.64. The summed E-state index contributed by atoms with van der Waals surface area (Å²) in [4.78, 5) is 12.8. The average Bonchev–Trinajstić information content (AvgIpc) is 2.82. The SMILES string of the molecule is CCc1nc2nccc(-c3ccccn3)n2n1. The van der Waals surface area contributed by atoms with Crippen molar-refractivity contribution in [1.82, 2.24) is 24.6 Å². The summed E-state index contributed by atoms with van der Waals surface area (Å²) in [6.07, 6.45) is 4.29. The van der Waals surface area contributed by atoms with E-state index >= 15 is 0 Å². The molecule has 0 bridgehead atoms. The minimum absolute atomic E-state index is 0.616. The molecule has 0 N–H and O–H groups in total. The van der Waals surface area contributed by atoms with Gasteiger partial charge >= 0.3 is 0 Å². The van der Waals surface area contributed by atoms with Crippen LogP contribution in [0.3, 0.4) is 0 Å². The second kappa shape index (κ2) is 3.93. The molecule has 0 aliphatic heterocycles. The molecule has 0 aliphatic carbocycles. The van der Waals surface area contributed by atoms with Crippen LogP contribution in [-0.4, -0.2) is 24.6 Å². The van der Waals surface area contributed by atoms with Gasteiger partial charge in [-0.2, -0.15) is 9.50 Å². The van der Waals surface area contributed by atoms with Crippen LogP contribution in [0.1, 0.15) is 12.7 Å². The highest BCUT2D eigenvalue weighted by molar-refractivity contribution is 5.56. The maximum Gasteiger partial charge on any atom is 0.252 e. The Morgan fingerprint density at radius 2 is 2.06 bits per heavy atom. The Hall–Kier alpha value is -2.30. The Labute approximate surface area is 98.2 Å². The molecule has 3 aromatic rings. The first-order chi connectivity index (χ1) is 8.38. The zero-order valence-electron chi connectivity index (χ0n) is 9.41. The van der Waals surface area contributed by atoms with E-state index in [2.05, 4.69) is 20.1 Å². The van der Waals surface area contributed by atoms with Gasteiger partial charge in [-0.3, -0.25) is 4.98 Å². The summed E-state index contributed by atoms with van der Waals surface area (Å²) in [6.45, 7) is 2.02. The van der Waals surface area contributed by atoms with Gasteiger partial charge < -0.3 is 0 Å². The van der Waals surface area contributed by atoms with E-state index in [0.717, 1.165) is 23.6 Å². The predicted octanol–water partition coefficient (Wildman–Crippen LogP) is 1.75. The van der Waals surface area contributed by atoms with Crippen molar-refractivity contribution in [2.24, 2.45) is 0 Å². The van der Waals surface area contributed by atoms with E-state index in [1.165, 1.54) is 0 Å². The molecule has 0 spiro atoms. The summed E-state index contributed by atoms with van der Waals surface area (Å²) >= 11 is 0. The summed E-state index contributed by atoms with van der Waals surface area (Å²) in [6, 6.07) is 7.68. The van der Waals surface area contributed by atoms with Crippen molar-refractivity contribution in [3.8, 4) is 11.4 Å². The Bertz CT molecular complexity index is 644. The molecular formula is C12H11N5. The lowest BCUT2D eigenvalue weighted by atomic mass is 10.2. The molecule has 84 valence electrons. The van der Waals surface area contributed by atoms with Gasteiger partial charge in [0.15, 0.2) is 5.82 Å². The lowest BCUT2D eigenvalue weighted by Crippen LogP contribution is -1.97. The molecule has 3 heterocycles. The number of hydrogen-bond donors (Lipinski definition) is 0. The summed E-state index contributed by atoms with van der Waals surface area (Å²) < 4.78 is 1.74. The molecule has 3 aromatic heterocycles. The van der Waals surface area contributed by atoms with Crippen molar-refractivity contribution >= 4 is 5.78 Å². The molecule has 0 aromatic carbocycles. The van der Waals surface area contributed by atoms with E-state index in [0.29, 0.717) is 5.78 Å². The van der Waals surface area contributed by atoms with E-state index in [4.69, 9.17) is 0 Å². The van der Waals surface area contributed by atoms with Gasteiger partial charge in [0.2, 0.25) is 0 Å². The van der Waals surface area contributed by atoms with Crippen LogP contribution in [0.25, 0.3) is 17.2 Å². The third-order valence-corrected chi connectivity index (χ3v) is 2.53. The van der Waals surface area contributed by atoms with Crippen LogP contribution in [0, 0.1) is 0 Å². The van der Waals surface area contributed by atoms with Gasteiger partial charge in [-0.15, -0.1) is 5.10 Å². The highest BCUT2D eigenvalue weighted by Crippen LogP contribution is 2.15. The van der Waals surface area contributed by atoms with Gasteiger partial charge in [0.05, 0.1) is 11.4 Å². The third-order valence-electron chi connectivity index (χ3n) is 2.53. The van der Waals surface area contributed by atoms with Gasteiger partial charge in [0.25, 0.3) is 5.78 Å². The monoisotopic (exact) mass is 225 g/mol. The standard InChI is InChI=1S/C12H11N5/c1-2-11-15-12-14-8-6-10(17(12)16-11)9-5-3-4-7-13-9/h3-8H,2H2,1H3. The van der Waals surface area contributed by atoms with Crippen LogP contribution in [0.4, 0.5) is 0 Å². The molecule has 17 heavy (non-hydrogen) atoms. The quantitative estimate of drug-likeness (QED) is 0.666. The van der Waals surface area contributed by atoms with Gasteiger partial charge in [-0.05, 0) is 18.2 Å². The Balaban J connectivity index is 2.26. The van der Waals surface area contributed by atoms with E-state index in [1.807, 2.05) is 31.2 Å². The Kier molecular flexibility index (Phi) is 2.29. The number of fused-ring (bicyclic) bond motifs is 1. The van der Waals surface area contributed by atoms with Gasteiger partial charge in [0, 0.05) is 18.8 Å². The van der Waals surface area contributed by atoms with Gasteiger partial charge in [-0.25, -0.2) is 4.98 Å². The van der Waals surface area contributed by atoms with Crippen molar-refractivity contribution in [2.75, 3.05) is 0 Å². The zero-order valence-corrected chi connectivity index (χ0v) is 9.41. The zero-order chi connectivity index (χ0) is 11.7. The fourth-order valence-electron chi connectivity index (χ4n) is 1.69. The highest BCUT2D eigenvalue weighted by Gasteiger charge is 2.08. The molecule has 0 aliphatic rings.